The SMILES string of the molecule is C=C(C)Cc1cc(C(=C)Nc2cccc(C(=C)CC)c2)ccc1CCCc1ccccc1. The van der Waals surface area contributed by atoms with E-state index < -0.39 is 0 Å². The number of allylic oxidation sites excluding steroid dienone is 2. The van der Waals surface area contributed by atoms with Crippen molar-refractivity contribution in [3.8, 4) is 0 Å². The second kappa shape index (κ2) is 11.3. The van der Waals surface area contributed by atoms with E-state index in [2.05, 4.69) is 112 Å². The van der Waals surface area contributed by atoms with Gasteiger partial charge in [-0.3, -0.25) is 0 Å². The first-order valence-corrected chi connectivity index (χ1v) is 11.5. The molecule has 3 aromatic carbocycles. The van der Waals surface area contributed by atoms with Crippen LogP contribution in [0.1, 0.15) is 54.5 Å². The third-order valence-corrected chi connectivity index (χ3v) is 5.79. The van der Waals surface area contributed by atoms with Crippen molar-refractivity contribution in [2.24, 2.45) is 0 Å². The van der Waals surface area contributed by atoms with Gasteiger partial charge in [0.15, 0.2) is 0 Å². The van der Waals surface area contributed by atoms with Crippen LogP contribution in [0.2, 0.25) is 0 Å². The van der Waals surface area contributed by atoms with Crippen molar-refractivity contribution in [2.75, 3.05) is 5.32 Å². The molecule has 0 aliphatic heterocycles. The number of hydrogen-bond donors (Lipinski definition) is 1. The van der Waals surface area contributed by atoms with E-state index in [1.54, 1.807) is 0 Å². The normalized spacial score (nSPS) is 10.6. The van der Waals surface area contributed by atoms with E-state index in [-0.39, 0.29) is 0 Å². The van der Waals surface area contributed by atoms with E-state index >= 15 is 0 Å². The Morgan fingerprint density at radius 2 is 1.56 bits per heavy atom. The number of anilines is 1. The molecule has 0 fully saturated rings. The quantitative estimate of drug-likeness (QED) is 0.306. The largest absolute Gasteiger partial charge is 0.356 e. The molecule has 0 heterocycles. The minimum absolute atomic E-state index is 0.896. The average Bonchev–Trinajstić information content (AvgIpc) is 2.80. The van der Waals surface area contributed by atoms with Gasteiger partial charge >= 0.3 is 0 Å². The molecule has 0 spiro atoms. The molecule has 0 aliphatic rings. The molecule has 3 aromatic rings. The lowest BCUT2D eigenvalue weighted by atomic mass is 9.94. The van der Waals surface area contributed by atoms with Gasteiger partial charge in [-0.2, -0.15) is 0 Å². The summed E-state index contributed by atoms with van der Waals surface area (Å²) in [6, 6.07) is 25.8. The molecule has 0 atom stereocenters. The van der Waals surface area contributed by atoms with Crippen molar-refractivity contribution < 1.29 is 0 Å². The van der Waals surface area contributed by atoms with Crippen LogP contribution in [0.4, 0.5) is 5.69 Å². The molecule has 1 N–H and O–H groups in total. The molecule has 164 valence electrons. The molecular formula is C31H35N. The summed E-state index contributed by atoms with van der Waals surface area (Å²) in [5.41, 5.74) is 10.7. The zero-order chi connectivity index (χ0) is 22.9. The van der Waals surface area contributed by atoms with Crippen molar-refractivity contribution in [3.63, 3.8) is 0 Å². The van der Waals surface area contributed by atoms with E-state index in [1.165, 1.54) is 27.8 Å². The minimum Gasteiger partial charge on any atom is -0.356 e. The topological polar surface area (TPSA) is 12.0 Å². The predicted molar refractivity (Wildman–Crippen MR) is 142 cm³/mol. The van der Waals surface area contributed by atoms with Gasteiger partial charge in [0.1, 0.15) is 0 Å². The zero-order valence-corrected chi connectivity index (χ0v) is 19.6. The summed E-state index contributed by atoms with van der Waals surface area (Å²) in [6.45, 7) is 16.8. The summed E-state index contributed by atoms with van der Waals surface area (Å²) in [6.07, 6.45) is 5.15. The Hall–Kier alpha value is -3.32. The molecule has 0 radical (unpaired) electrons. The highest BCUT2D eigenvalue weighted by atomic mass is 14.9. The maximum Gasteiger partial charge on any atom is 0.0390 e. The van der Waals surface area contributed by atoms with Crippen LogP contribution < -0.4 is 5.32 Å². The highest BCUT2D eigenvalue weighted by molar-refractivity contribution is 5.77. The van der Waals surface area contributed by atoms with Crippen molar-refractivity contribution in [2.45, 2.75) is 46.0 Å². The molecule has 0 unspecified atom stereocenters. The van der Waals surface area contributed by atoms with E-state index in [0.29, 0.717) is 0 Å². The van der Waals surface area contributed by atoms with Crippen LogP contribution in [-0.4, -0.2) is 0 Å². The number of aryl methyl sites for hydroxylation is 2. The highest BCUT2D eigenvalue weighted by Crippen LogP contribution is 2.25. The summed E-state index contributed by atoms with van der Waals surface area (Å²) in [5.74, 6) is 0. The predicted octanol–water partition coefficient (Wildman–Crippen LogP) is 8.49. The van der Waals surface area contributed by atoms with Crippen molar-refractivity contribution in [1.82, 2.24) is 0 Å². The molecule has 0 aromatic heterocycles. The van der Waals surface area contributed by atoms with E-state index in [9.17, 15) is 0 Å². The molecule has 1 nitrogen and oxygen atoms in total. The summed E-state index contributed by atoms with van der Waals surface area (Å²) in [4.78, 5) is 0. The van der Waals surface area contributed by atoms with Gasteiger partial charge in [0.05, 0.1) is 0 Å². The highest BCUT2D eigenvalue weighted by Gasteiger charge is 2.08. The molecule has 0 amide bonds. The van der Waals surface area contributed by atoms with Gasteiger partial charge in [0, 0.05) is 11.4 Å². The zero-order valence-electron chi connectivity index (χ0n) is 19.6. The third kappa shape index (κ3) is 6.59. The molecular weight excluding hydrogens is 386 g/mol. The van der Waals surface area contributed by atoms with Crippen LogP contribution in [0.5, 0.6) is 0 Å². The first kappa shape index (κ1) is 23.3. The molecule has 0 aliphatic carbocycles. The Balaban J connectivity index is 1.73. The van der Waals surface area contributed by atoms with Gasteiger partial charge < -0.3 is 5.32 Å². The maximum atomic E-state index is 4.31. The smallest absolute Gasteiger partial charge is 0.0390 e. The monoisotopic (exact) mass is 421 g/mol. The lowest BCUT2D eigenvalue weighted by Gasteiger charge is -2.16. The average molecular weight is 422 g/mol. The fourth-order valence-corrected chi connectivity index (χ4v) is 3.94. The molecule has 1 heteroatoms. The Labute approximate surface area is 194 Å². The number of benzene rings is 3. The molecule has 32 heavy (non-hydrogen) atoms. The standard InChI is InChI=1S/C31H35N/c1-6-24(4)28-16-11-17-31(22-28)32-25(5)29-19-18-27(30(21-29)20-23(2)3)15-10-14-26-12-8-7-9-13-26/h7-9,11-13,16-19,21-22,32H,2,4-6,10,14-15,20H2,1,3H3. The van der Waals surface area contributed by atoms with Gasteiger partial charge in [-0.05, 0) is 90.6 Å². The van der Waals surface area contributed by atoms with Crippen molar-refractivity contribution >= 4 is 17.0 Å². The maximum absolute atomic E-state index is 4.31. The Morgan fingerprint density at radius 3 is 2.28 bits per heavy atom. The second-order valence-electron chi connectivity index (χ2n) is 8.60. The lowest BCUT2D eigenvalue weighted by molar-refractivity contribution is 0.812. The lowest BCUT2D eigenvalue weighted by Crippen LogP contribution is -2.02. The summed E-state index contributed by atoms with van der Waals surface area (Å²) in [5, 5.41) is 3.48. The van der Waals surface area contributed by atoms with Crippen LogP contribution in [0.3, 0.4) is 0 Å². The fraction of sp³-hybridized carbons (Fsp3) is 0.226. The van der Waals surface area contributed by atoms with Crippen LogP contribution in [-0.2, 0) is 19.3 Å². The van der Waals surface area contributed by atoms with Crippen molar-refractivity contribution in [1.29, 1.82) is 0 Å². The number of nitrogens with one attached hydrogen (secondary N) is 1. The van der Waals surface area contributed by atoms with Gasteiger partial charge in [0.25, 0.3) is 0 Å². The van der Waals surface area contributed by atoms with Crippen LogP contribution in [0.25, 0.3) is 11.3 Å². The summed E-state index contributed by atoms with van der Waals surface area (Å²) in [7, 11) is 0. The van der Waals surface area contributed by atoms with Gasteiger partial charge in [0.2, 0.25) is 0 Å². The van der Waals surface area contributed by atoms with E-state index in [0.717, 1.165) is 54.6 Å². The Morgan fingerprint density at radius 1 is 0.781 bits per heavy atom. The van der Waals surface area contributed by atoms with Gasteiger partial charge in [-0.15, -0.1) is 0 Å². The Bertz CT molecular complexity index is 1090. The number of hydrogen-bond acceptors (Lipinski definition) is 1. The van der Waals surface area contributed by atoms with Crippen LogP contribution in [0, 0.1) is 0 Å². The van der Waals surface area contributed by atoms with E-state index in [1.807, 2.05) is 0 Å². The first-order chi connectivity index (χ1) is 15.5. The van der Waals surface area contributed by atoms with Gasteiger partial charge in [-0.1, -0.05) is 86.8 Å². The number of rotatable bonds is 11. The molecule has 0 bridgehead atoms. The fourth-order valence-electron chi connectivity index (χ4n) is 3.94. The molecule has 0 saturated heterocycles. The minimum atomic E-state index is 0.896. The van der Waals surface area contributed by atoms with Gasteiger partial charge in [-0.25, -0.2) is 0 Å². The van der Waals surface area contributed by atoms with Crippen molar-refractivity contribution in [3.05, 3.63) is 126 Å². The van der Waals surface area contributed by atoms with Crippen LogP contribution in [0.15, 0.2) is 98.1 Å². The summed E-state index contributed by atoms with van der Waals surface area (Å²) < 4.78 is 0. The van der Waals surface area contributed by atoms with E-state index in [4.69, 9.17) is 0 Å². The molecule has 0 saturated carbocycles. The third-order valence-electron chi connectivity index (χ3n) is 5.79. The Kier molecular flexibility index (Phi) is 8.27. The first-order valence-electron chi connectivity index (χ1n) is 11.5. The van der Waals surface area contributed by atoms with Crippen LogP contribution >= 0.6 is 0 Å². The summed E-state index contributed by atoms with van der Waals surface area (Å²) >= 11 is 0. The second-order valence-corrected chi connectivity index (χ2v) is 8.60. The molecule has 3 rings (SSSR count).